The van der Waals surface area contributed by atoms with Crippen molar-refractivity contribution in [3.63, 3.8) is 0 Å². The molecular weight excluding hydrogens is 655 g/mol. The van der Waals surface area contributed by atoms with Crippen molar-refractivity contribution in [2.75, 3.05) is 4.90 Å². The maximum absolute atomic E-state index is 6.51. The van der Waals surface area contributed by atoms with E-state index in [1.807, 2.05) is 6.07 Å². The second-order valence-corrected chi connectivity index (χ2v) is 14.4. The number of rotatable bonds is 4. The molecule has 0 fully saturated rings. The zero-order chi connectivity index (χ0) is 35.3. The van der Waals surface area contributed by atoms with Crippen LogP contribution in [0.3, 0.4) is 0 Å². The van der Waals surface area contributed by atoms with E-state index in [9.17, 15) is 0 Å². The van der Waals surface area contributed by atoms with Crippen molar-refractivity contribution in [3.8, 4) is 11.1 Å². The molecule has 0 N–H and O–H groups in total. The molecule has 12 aromatic rings. The van der Waals surface area contributed by atoms with Gasteiger partial charge in [-0.1, -0.05) is 146 Å². The first-order valence-corrected chi connectivity index (χ1v) is 18.6. The van der Waals surface area contributed by atoms with E-state index >= 15 is 0 Å². The molecule has 11 aromatic carbocycles. The first kappa shape index (κ1) is 29.4. The van der Waals surface area contributed by atoms with Gasteiger partial charge in [0.15, 0.2) is 0 Å². The van der Waals surface area contributed by atoms with Crippen LogP contribution in [0.4, 0.5) is 17.1 Å². The summed E-state index contributed by atoms with van der Waals surface area (Å²) in [6.07, 6.45) is 0. The molecular formula is C52H31NO. The molecule has 0 saturated heterocycles. The van der Waals surface area contributed by atoms with Crippen LogP contribution in [-0.4, -0.2) is 0 Å². The van der Waals surface area contributed by atoms with Crippen molar-refractivity contribution in [3.05, 3.63) is 188 Å². The van der Waals surface area contributed by atoms with Crippen LogP contribution in [0.25, 0.3) is 97.7 Å². The molecule has 0 aliphatic rings. The molecule has 0 atom stereocenters. The van der Waals surface area contributed by atoms with E-state index in [1.54, 1.807) is 0 Å². The van der Waals surface area contributed by atoms with Gasteiger partial charge in [-0.25, -0.2) is 0 Å². The van der Waals surface area contributed by atoms with Crippen molar-refractivity contribution in [2.45, 2.75) is 0 Å². The first-order valence-electron chi connectivity index (χ1n) is 18.6. The Morgan fingerprint density at radius 2 is 0.852 bits per heavy atom. The Bertz CT molecular complexity index is 3440. The summed E-state index contributed by atoms with van der Waals surface area (Å²) in [6, 6.07) is 68.7. The largest absolute Gasteiger partial charge is 0.455 e. The lowest BCUT2D eigenvalue weighted by Gasteiger charge is -2.27. The minimum absolute atomic E-state index is 0.905. The number of benzene rings is 10. The number of furan rings is 1. The quantitative estimate of drug-likeness (QED) is 0.172. The molecule has 0 saturated carbocycles. The highest BCUT2D eigenvalue weighted by Crippen LogP contribution is 2.47. The van der Waals surface area contributed by atoms with Gasteiger partial charge in [0.05, 0.1) is 0 Å². The second kappa shape index (κ2) is 11.2. The highest BCUT2D eigenvalue weighted by atomic mass is 16.3. The molecule has 1 aromatic heterocycles. The molecule has 0 amide bonds. The van der Waals surface area contributed by atoms with E-state index in [4.69, 9.17) is 4.42 Å². The summed E-state index contributed by atoms with van der Waals surface area (Å²) in [7, 11) is 0. The lowest BCUT2D eigenvalue weighted by Crippen LogP contribution is -2.10. The molecule has 2 nitrogen and oxygen atoms in total. The summed E-state index contributed by atoms with van der Waals surface area (Å²) in [4.78, 5) is 2.40. The number of para-hydroxylation sites is 3. The van der Waals surface area contributed by atoms with Gasteiger partial charge in [-0.05, 0) is 113 Å². The van der Waals surface area contributed by atoms with Crippen molar-refractivity contribution < 1.29 is 4.42 Å². The van der Waals surface area contributed by atoms with Crippen molar-refractivity contribution in [1.82, 2.24) is 0 Å². The van der Waals surface area contributed by atoms with E-state index in [1.165, 1.54) is 64.6 Å². The van der Waals surface area contributed by atoms with Crippen LogP contribution in [0.2, 0.25) is 0 Å². The summed E-state index contributed by atoms with van der Waals surface area (Å²) < 4.78 is 6.51. The first-order chi connectivity index (χ1) is 26.8. The van der Waals surface area contributed by atoms with Gasteiger partial charge in [0.25, 0.3) is 0 Å². The van der Waals surface area contributed by atoms with Gasteiger partial charge < -0.3 is 9.32 Å². The summed E-state index contributed by atoms with van der Waals surface area (Å²) in [5, 5.41) is 17.6. The molecule has 12 rings (SSSR count). The van der Waals surface area contributed by atoms with Gasteiger partial charge in [-0.3, -0.25) is 0 Å². The summed E-state index contributed by atoms with van der Waals surface area (Å²) in [5.41, 5.74) is 7.29. The van der Waals surface area contributed by atoms with E-state index in [0.29, 0.717) is 0 Å². The number of anilines is 3. The molecule has 0 unspecified atom stereocenters. The SMILES string of the molecule is c1ccc(N(c2cccc(-c3cccc4c3oc3ccccc34)c2)c2cc3ccc4cccc5c6cccc7ccc8cccc(c(c2)c3c45)c8c76)cc1. The van der Waals surface area contributed by atoms with Crippen LogP contribution in [0.15, 0.2) is 192 Å². The maximum Gasteiger partial charge on any atom is 0.143 e. The normalized spacial score (nSPS) is 12.1. The monoisotopic (exact) mass is 685 g/mol. The maximum atomic E-state index is 6.51. The Morgan fingerprint density at radius 1 is 0.315 bits per heavy atom. The van der Waals surface area contributed by atoms with Crippen molar-refractivity contribution in [2.24, 2.45) is 0 Å². The molecule has 0 aliphatic carbocycles. The van der Waals surface area contributed by atoms with Crippen molar-refractivity contribution >= 4 is 104 Å². The molecule has 0 aliphatic heterocycles. The van der Waals surface area contributed by atoms with Gasteiger partial charge in [0, 0.05) is 33.4 Å². The lowest BCUT2D eigenvalue weighted by atomic mass is 9.87. The third-order valence-electron chi connectivity index (χ3n) is 11.5. The summed E-state index contributed by atoms with van der Waals surface area (Å²) in [5.74, 6) is 0. The highest BCUT2D eigenvalue weighted by molar-refractivity contribution is 6.37. The van der Waals surface area contributed by atoms with Crippen molar-refractivity contribution in [1.29, 1.82) is 0 Å². The van der Waals surface area contributed by atoms with E-state index in [0.717, 1.165) is 50.1 Å². The van der Waals surface area contributed by atoms with Crippen LogP contribution >= 0.6 is 0 Å². The van der Waals surface area contributed by atoms with Crippen LogP contribution in [0.1, 0.15) is 0 Å². The van der Waals surface area contributed by atoms with Crippen LogP contribution < -0.4 is 4.90 Å². The van der Waals surface area contributed by atoms with Gasteiger partial charge in [0.1, 0.15) is 11.2 Å². The fraction of sp³-hybridized carbons (Fsp3) is 0. The molecule has 0 bridgehead atoms. The Morgan fingerprint density at radius 3 is 1.57 bits per heavy atom. The summed E-state index contributed by atoms with van der Waals surface area (Å²) in [6.45, 7) is 0. The van der Waals surface area contributed by atoms with E-state index in [-0.39, 0.29) is 0 Å². The van der Waals surface area contributed by atoms with Gasteiger partial charge >= 0.3 is 0 Å². The molecule has 1 heterocycles. The van der Waals surface area contributed by atoms with Crippen LogP contribution in [-0.2, 0) is 0 Å². The predicted molar refractivity (Wildman–Crippen MR) is 230 cm³/mol. The number of hydrogen-bond acceptors (Lipinski definition) is 2. The average Bonchev–Trinajstić information content (AvgIpc) is 3.62. The average molecular weight is 686 g/mol. The fourth-order valence-corrected chi connectivity index (χ4v) is 9.21. The molecule has 0 spiro atoms. The smallest absolute Gasteiger partial charge is 0.143 e. The number of hydrogen-bond donors (Lipinski definition) is 0. The second-order valence-electron chi connectivity index (χ2n) is 14.4. The lowest BCUT2D eigenvalue weighted by molar-refractivity contribution is 0.670. The predicted octanol–water partition coefficient (Wildman–Crippen LogP) is 15.1. The molecule has 54 heavy (non-hydrogen) atoms. The van der Waals surface area contributed by atoms with Gasteiger partial charge in [0.2, 0.25) is 0 Å². The van der Waals surface area contributed by atoms with Gasteiger partial charge in [-0.2, -0.15) is 0 Å². The Hall–Kier alpha value is -7.16. The number of nitrogens with zero attached hydrogens (tertiary/aromatic N) is 1. The molecule has 0 radical (unpaired) electrons. The van der Waals surface area contributed by atoms with Gasteiger partial charge in [-0.15, -0.1) is 0 Å². The van der Waals surface area contributed by atoms with E-state index < -0.39 is 0 Å². The highest BCUT2D eigenvalue weighted by Gasteiger charge is 2.20. The minimum atomic E-state index is 0.905. The molecule has 250 valence electrons. The standard InChI is InChI=1S/C52H31NO/c1-2-15-37(16-3-1)53(38-17-6-14-35(29-38)40-19-10-23-45-41-18-4-5-24-47(41)54-52(40)45)39-30-36-28-27-34-12-8-21-43-42-20-7-11-32-25-26-33-13-9-22-44(50(33)48(32)42)46(31-39)51(36)49(34)43/h1-31H. The zero-order valence-corrected chi connectivity index (χ0v) is 29.3. The van der Waals surface area contributed by atoms with E-state index in [2.05, 4.69) is 187 Å². The van der Waals surface area contributed by atoms with Crippen LogP contribution in [0, 0.1) is 0 Å². The third kappa shape index (κ3) is 4.17. The fourth-order valence-electron chi connectivity index (χ4n) is 9.21. The Balaban J connectivity index is 1.18. The van der Waals surface area contributed by atoms with Crippen LogP contribution in [0.5, 0.6) is 0 Å². The Labute approximate surface area is 311 Å². The molecule has 2 heteroatoms. The minimum Gasteiger partial charge on any atom is -0.455 e. The Kier molecular flexibility index (Phi) is 6.09. The number of fused-ring (bicyclic) bond motifs is 5. The zero-order valence-electron chi connectivity index (χ0n) is 29.3. The third-order valence-corrected chi connectivity index (χ3v) is 11.5. The topological polar surface area (TPSA) is 16.4 Å². The summed E-state index contributed by atoms with van der Waals surface area (Å²) >= 11 is 0.